The van der Waals surface area contributed by atoms with Crippen molar-refractivity contribution in [3.8, 4) is 0 Å². The van der Waals surface area contributed by atoms with Gasteiger partial charge in [-0.05, 0) is 20.8 Å². The Kier molecular flexibility index (Phi) is 5.36. The zero-order valence-electron chi connectivity index (χ0n) is 9.13. The summed E-state index contributed by atoms with van der Waals surface area (Å²) in [7, 11) is 0. The van der Waals surface area contributed by atoms with E-state index in [0.717, 1.165) is 0 Å². The first-order valence-electron chi connectivity index (χ1n) is 4.44. The number of ether oxygens (including phenoxy) is 2. The summed E-state index contributed by atoms with van der Waals surface area (Å²) in [5.74, 6) is -1.05. The lowest BCUT2D eigenvalue weighted by molar-refractivity contribution is -0.151. The summed E-state index contributed by atoms with van der Waals surface area (Å²) in [6, 6.07) is 0. The molecule has 0 amide bonds. The molecule has 0 aromatic heterocycles. The fourth-order valence-electron chi connectivity index (χ4n) is 0.564. The first kappa shape index (κ1) is 14.0. The second kappa shape index (κ2) is 5.75. The van der Waals surface area contributed by atoms with Crippen LogP contribution in [0.5, 0.6) is 0 Å². The molecule has 0 aliphatic rings. The summed E-state index contributed by atoms with van der Waals surface area (Å²) in [4.78, 5) is 21.0. The zero-order valence-corrected chi connectivity index (χ0v) is 9.89. The van der Waals surface area contributed by atoms with Gasteiger partial charge in [0.15, 0.2) is 0 Å². The van der Waals surface area contributed by atoms with E-state index in [-0.39, 0.29) is 13.2 Å². The Balaban J connectivity index is 3.69. The van der Waals surface area contributed by atoms with Crippen LogP contribution in [-0.4, -0.2) is 30.0 Å². The molecule has 0 spiro atoms. The van der Waals surface area contributed by atoms with Gasteiger partial charge in [0.05, 0.1) is 0 Å². The van der Waals surface area contributed by atoms with Crippen molar-refractivity contribution in [2.75, 3.05) is 13.2 Å². The molecule has 5 heteroatoms. The largest absolute Gasteiger partial charge is 0.461 e. The fourth-order valence-corrected chi connectivity index (χ4v) is 0.618. The van der Waals surface area contributed by atoms with Crippen molar-refractivity contribution in [2.45, 2.75) is 25.6 Å². The first-order chi connectivity index (χ1) is 6.75. The smallest absolute Gasteiger partial charge is 0.333 e. The predicted molar refractivity (Wildman–Crippen MR) is 56.7 cm³/mol. The highest BCUT2D eigenvalue weighted by molar-refractivity contribution is 6.33. The number of esters is 2. The van der Waals surface area contributed by atoms with Crippen LogP contribution in [0.3, 0.4) is 0 Å². The Morgan fingerprint density at radius 3 is 2.13 bits per heavy atom. The van der Waals surface area contributed by atoms with Crippen molar-refractivity contribution in [3.05, 3.63) is 12.2 Å². The molecule has 0 unspecified atom stereocenters. The van der Waals surface area contributed by atoms with Crippen LogP contribution in [-0.2, 0) is 19.1 Å². The summed E-state index contributed by atoms with van der Waals surface area (Å²) in [5, 5.41) is 0. The molecule has 0 aliphatic heterocycles. The van der Waals surface area contributed by atoms with Gasteiger partial charge in [-0.25, -0.2) is 4.79 Å². The van der Waals surface area contributed by atoms with Crippen molar-refractivity contribution in [1.82, 2.24) is 0 Å². The average Bonchev–Trinajstić information content (AvgIpc) is 2.09. The summed E-state index contributed by atoms with van der Waals surface area (Å²) >= 11 is 5.68. The lowest BCUT2D eigenvalue weighted by atomic mass is 10.2. The lowest BCUT2D eigenvalue weighted by Gasteiger charge is -2.14. The quantitative estimate of drug-likeness (QED) is 0.314. The molecule has 86 valence electrons. The maximum Gasteiger partial charge on any atom is 0.333 e. The van der Waals surface area contributed by atoms with Crippen LogP contribution in [0, 0.1) is 0 Å². The number of rotatable bonds is 5. The summed E-state index contributed by atoms with van der Waals surface area (Å²) in [6.45, 7) is 7.99. The van der Waals surface area contributed by atoms with Gasteiger partial charge in [-0.15, -0.1) is 11.6 Å². The minimum atomic E-state index is -1.06. The molecule has 4 nitrogen and oxygen atoms in total. The molecular formula is C10H15ClO4. The van der Waals surface area contributed by atoms with E-state index >= 15 is 0 Å². The maximum atomic E-state index is 11.1. The molecule has 0 saturated carbocycles. The van der Waals surface area contributed by atoms with Crippen LogP contribution in [0.2, 0.25) is 0 Å². The summed E-state index contributed by atoms with van der Waals surface area (Å²) < 4.78 is 9.47. The highest BCUT2D eigenvalue weighted by atomic mass is 35.5. The van der Waals surface area contributed by atoms with Crippen LogP contribution >= 0.6 is 11.6 Å². The second-order valence-electron chi connectivity index (χ2n) is 3.52. The van der Waals surface area contributed by atoms with E-state index in [0.29, 0.717) is 5.57 Å². The Bertz CT molecular complexity index is 265. The minimum Gasteiger partial charge on any atom is -0.461 e. The van der Waals surface area contributed by atoms with Crippen LogP contribution in [0.1, 0.15) is 20.8 Å². The van der Waals surface area contributed by atoms with Crippen LogP contribution in [0.25, 0.3) is 0 Å². The number of halogens is 1. The third-order valence-electron chi connectivity index (χ3n) is 1.38. The minimum absolute atomic E-state index is 0.00437. The van der Waals surface area contributed by atoms with Gasteiger partial charge in [0, 0.05) is 5.57 Å². The van der Waals surface area contributed by atoms with E-state index in [1.54, 1.807) is 0 Å². The molecule has 15 heavy (non-hydrogen) atoms. The molecule has 0 aliphatic carbocycles. The van der Waals surface area contributed by atoms with Gasteiger partial charge in [-0.1, -0.05) is 6.58 Å². The van der Waals surface area contributed by atoms with Crippen molar-refractivity contribution in [3.63, 3.8) is 0 Å². The van der Waals surface area contributed by atoms with Gasteiger partial charge in [0.1, 0.15) is 18.1 Å². The highest BCUT2D eigenvalue weighted by Crippen LogP contribution is 2.14. The van der Waals surface area contributed by atoms with Gasteiger partial charge < -0.3 is 9.47 Å². The molecule has 0 saturated heterocycles. The topological polar surface area (TPSA) is 52.6 Å². The SMILES string of the molecule is C=C(C)C(=O)OCCOC(=O)C(C)(C)Cl. The Morgan fingerprint density at radius 2 is 1.73 bits per heavy atom. The standard InChI is InChI=1S/C10H15ClO4/c1-7(2)8(12)14-5-6-15-9(13)10(3,4)11/h1,5-6H2,2-4H3. The van der Waals surface area contributed by atoms with Gasteiger partial charge in [-0.3, -0.25) is 4.79 Å². The van der Waals surface area contributed by atoms with E-state index in [1.807, 2.05) is 0 Å². The molecule has 0 rings (SSSR count). The number of alkyl halides is 1. The van der Waals surface area contributed by atoms with E-state index in [9.17, 15) is 9.59 Å². The van der Waals surface area contributed by atoms with Crippen molar-refractivity contribution in [2.24, 2.45) is 0 Å². The molecule has 0 radical (unpaired) electrons. The predicted octanol–water partition coefficient (Wildman–Crippen LogP) is 1.67. The normalized spacial score (nSPS) is 10.7. The van der Waals surface area contributed by atoms with Crippen LogP contribution < -0.4 is 0 Å². The monoisotopic (exact) mass is 234 g/mol. The van der Waals surface area contributed by atoms with Crippen molar-refractivity contribution >= 4 is 23.5 Å². The third-order valence-corrected chi connectivity index (χ3v) is 1.54. The lowest BCUT2D eigenvalue weighted by Crippen LogP contribution is -2.28. The van der Waals surface area contributed by atoms with Crippen molar-refractivity contribution in [1.29, 1.82) is 0 Å². The Morgan fingerprint density at radius 1 is 1.27 bits per heavy atom. The van der Waals surface area contributed by atoms with Gasteiger partial charge in [-0.2, -0.15) is 0 Å². The molecule has 0 fully saturated rings. The van der Waals surface area contributed by atoms with E-state index < -0.39 is 16.8 Å². The summed E-state index contributed by atoms with van der Waals surface area (Å²) in [6.07, 6.45) is 0. The maximum absolute atomic E-state index is 11.1. The van der Waals surface area contributed by atoms with Crippen LogP contribution in [0.4, 0.5) is 0 Å². The molecule has 0 aromatic rings. The van der Waals surface area contributed by atoms with Gasteiger partial charge in [0.2, 0.25) is 0 Å². The number of carbonyl (C=O) groups is 2. The highest BCUT2D eigenvalue weighted by Gasteiger charge is 2.25. The number of hydrogen-bond donors (Lipinski definition) is 0. The fraction of sp³-hybridized carbons (Fsp3) is 0.600. The van der Waals surface area contributed by atoms with Gasteiger partial charge >= 0.3 is 11.9 Å². The molecule has 0 heterocycles. The average molecular weight is 235 g/mol. The zero-order chi connectivity index (χ0) is 12.1. The van der Waals surface area contributed by atoms with E-state index in [2.05, 4.69) is 6.58 Å². The number of carbonyl (C=O) groups excluding carboxylic acids is 2. The van der Waals surface area contributed by atoms with Crippen molar-refractivity contribution < 1.29 is 19.1 Å². The molecule has 0 aromatic carbocycles. The number of hydrogen-bond acceptors (Lipinski definition) is 4. The Labute approximate surface area is 94.2 Å². The first-order valence-corrected chi connectivity index (χ1v) is 4.81. The second-order valence-corrected chi connectivity index (χ2v) is 4.47. The molecule has 0 N–H and O–H groups in total. The Hall–Kier alpha value is -1.03. The molecule has 0 atom stereocenters. The van der Waals surface area contributed by atoms with Crippen LogP contribution in [0.15, 0.2) is 12.2 Å². The molecular weight excluding hydrogens is 220 g/mol. The van der Waals surface area contributed by atoms with E-state index in [4.69, 9.17) is 21.1 Å². The summed E-state index contributed by atoms with van der Waals surface area (Å²) in [5.41, 5.74) is 0.305. The van der Waals surface area contributed by atoms with Gasteiger partial charge in [0.25, 0.3) is 0 Å². The third kappa shape index (κ3) is 6.12. The molecule has 0 bridgehead atoms. The van der Waals surface area contributed by atoms with E-state index in [1.165, 1.54) is 20.8 Å².